The largest absolute Gasteiger partial charge is 0.477 e. The molecule has 5 heteroatoms. The van der Waals surface area contributed by atoms with Crippen molar-refractivity contribution in [2.24, 2.45) is 10.9 Å². The number of nitrogens with one attached hydrogen (secondary N) is 1. The van der Waals surface area contributed by atoms with Gasteiger partial charge >= 0.3 is 6.09 Å². The van der Waals surface area contributed by atoms with Gasteiger partial charge in [0, 0.05) is 0 Å². The highest BCUT2D eigenvalue weighted by atomic mass is 16.6. The van der Waals surface area contributed by atoms with E-state index in [1.54, 1.807) is 0 Å². The van der Waals surface area contributed by atoms with Crippen LogP contribution in [-0.2, 0) is 15.9 Å². The highest BCUT2D eigenvalue weighted by Crippen LogP contribution is 2.17. The zero-order valence-corrected chi connectivity index (χ0v) is 15.2. The van der Waals surface area contributed by atoms with Gasteiger partial charge in [0.2, 0.25) is 5.90 Å². The van der Waals surface area contributed by atoms with Gasteiger partial charge < -0.3 is 14.8 Å². The molecule has 132 valence electrons. The molecule has 2 atom stereocenters. The van der Waals surface area contributed by atoms with Crippen molar-refractivity contribution in [2.45, 2.75) is 58.7 Å². The van der Waals surface area contributed by atoms with E-state index in [4.69, 9.17) is 9.47 Å². The predicted octanol–water partition coefficient (Wildman–Crippen LogP) is 3.58. The van der Waals surface area contributed by atoms with Crippen LogP contribution in [0.5, 0.6) is 0 Å². The maximum atomic E-state index is 12.1. The molecule has 1 heterocycles. The monoisotopic (exact) mass is 332 g/mol. The fourth-order valence-electron chi connectivity index (χ4n) is 2.54. The molecule has 0 spiro atoms. The molecule has 0 saturated carbocycles. The minimum atomic E-state index is -0.528. The molecule has 1 aliphatic rings. The molecular weight excluding hydrogens is 304 g/mol. The molecule has 0 aromatic heterocycles. The first-order valence-corrected chi connectivity index (χ1v) is 8.48. The van der Waals surface area contributed by atoms with E-state index < -0.39 is 11.7 Å². The highest BCUT2D eigenvalue weighted by Gasteiger charge is 2.31. The molecule has 1 amide bonds. The van der Waals surface area contributed by atoms with E-state index in [9.17, 15) is 4.79 Å². The summed E-state index contributed by atoms with van der Waals surface area (Å²) in [5, 5.41) is 2.88. The Kier molecular flexibility index (Phi) is 5.86. The summed E-state index contributed by atoms with van der Waals surface area (Å²) in [6.07, 6.45) is 0.390. The first kappa shape index (κ1) is 18.3. The number of ether oxygens (including phenoxy) is 2. The minimum absolute atomic E-state index is 0.0871. The number of hydrogen-bond donors (Lipinski definition) is 1. The summed E-state index contributed by atoms with van der Waals surface area (Å²) in [5.41, 5.74) is 0.706. The van der Waals surface area contributed by atoms with Crippen LogP contribution in [0.25, 0.3) is 0 Å². The zero-order chi connectivity index (χ0) is 17.7. The number of aliphatic imine (C=N–C) groups is 1. The summed E-state index contributed by atoms with van der Waals surface area (Å²) in [5.74, 6) is 0.753. The van der Waals surface area contributed by atoms with E-state index in [-0.39, 0.29) is 18.0 Å². The Morgan fingerprint density at radius 3 is 2.58 bits per heavy atom. The molecular formula is C19H28N2O3. The SMILES string of the molecule is CC(C)C(NC(=O)OC(C)(C)C)C1=N[C@@H](Cc2ccccc2)CO1. The van der Waals surface area contributed by atoms with Crippen LogP contribution in [0.3, 0.4) is 0 Å². The van der Waals surface area contributed by atoms with E-state index in [1.165, 1.54) is 5.56 Å². The molecule has 0 aliphatic carbocycles. The van der Waals surface area contributed by atoms with Crippen molar-refractivity contribution in [3.8, 4) is 0 Å². The van der Waals surface area contributed by atoms with Crippen molar-refractivity contribution in [1.29, 1.82) is 0 Å². The molecule has 2 rings (SSSR count). The van der Waals surface area contributed by atoms with Crippen LogP contribution >= 0.6 is 0 Å². The standard InChI is InChI=1S/C19H28N2O3/c1-13(2)16(21-18(22)24-19(3,4)5)17-20-15(12-23-17)11-14-9-7-6-8-10-14/h6-10,13,15-16H,11-12H2,1-5H3,(H,21,22)/t15-,16?/m0/s1. The van der Waals surface area contributed by atoms with Gasteiger partial charge in [-0.2, -0.15) is 0 Å². The maximum absolute atomic E-state index is 12.1. The summed E-state index contributed by atoms with van der Waals surface area (Å²) in [4.78, 5) is 16.7. The topological polar surface area (TPSA) is 59.9 Å². The van der Waals surface area contributed by atoms with Crippen molar-refractivity contribution in [1.82, 2.24) is 5.32 Å². The van der Waals surface area contributed by atoms with Gasteiger partial charge in [-0.1, -0.05) is 44.2 Å². The van der Waals surface area contributed by atoms with E-state index in [1.807, 2.05) is 52.8 Å². The fourth-order valence-corrected chi connectivity index (χ4v) is 2.54. The van der Waals surface area contributed by atoms with E-state index in [0.29, 0.717) is 12.5 Å². The molecule has 0 bridgehead atoms. The van der Waals surface area contributed by atoms with Crippen molar-refractivity contribution < 1.29 is 14.3 Å². The average Bonchev–Trinajstić information content (AvgIpc) is 2.92. The van der Waals surface area contributed by atoms with E-state index in [2.05, 4.69) is 22.4 Å². The Morgan fingerprint density at radius 1 is 1.33 bits per heavy atom. The van der Waals surface area contributed by atoms with Crippen molar-refractivity contribution >= 4 is 12.0 Å². The third-order valence-corrected chi connectivity index (χ3v) is 3.65. The number of alkyl carbamates (subject to hydrolysis) is 1. The summed E-state index contributed by atoms with van der Waals surface area (Å²) >= 11 is 0. The van der Waals surface area contributed by atoms with E-state index >= 15 is 0 Å². The van der Waals surface area contributed by atoms with Crippen LogP contribution < -0.4 is 5.32 Å². The Bertz CT molecular complexity index is 576. The van der Waals surface area contributed by atoms with Crippen LogP contribution in [0.1, 0.15) is 40.2 Å². The van der Waals surface area contributed by atoms with Gasteiger partial charge in [0.1, 0.15) is 18.2 Å². The Labute approximate surface area is 144 Å². The molecule has 0 saturated heterocycles. The van der Waals surface area contributed by atoms with Crippen LogP contribution in [0.2, 0.25) is 0 Å². The van der Waals surface area contributed by atoms with Gasteiger partial charge in [-0.25, -0.2) is 9.79 Å². The van der Waals surface area contributed by atoms with Crippen LogP contribution in [-0.4, -0.2) is 36.3 Å². The number of nitrogens with zero attached hydrogens (tertiary/aromatic N) is 1. The van der Waals surface area contributed by atoms with Crippen molar-refractivity contribution in [2.75, 3.05) is 6.61 Å². The first-order valence-electron chi connectivity index (χ1n) is 8.48. The first-order chi connectivity index (χ1) is 11.2. The average molecular weight is 332 g/mol. The summed E-state index contributed by atoms with van der Waals surface area (Å²) < 4.78 is 11.1. The zero-order valence-electron chi connectivity index (χ0n) is 15.2. The van der Waals surface area contributed by atoms with Gasteiger partial charge in [-0.15, -0.1) is 0 Å². The second-order valence-electron chi connectivity index (χ2n) is 7.49. The Hall–Kier alpha value is -2.04. The molecule has 1 N–H and O–H groups in total. The third kappa shape index (κ3) is 5.55. The molecule has 1 unspecified atom stereocenters. The number of amides is 1. The number of carbonyl (C=O) groups excluding carboxylic acids is 1. The predicted molar refractivity (Wildman–Crippen MR) is 95.3 cm³/mol. The highest BCUT2D eigenvalue weighted by molar-refractivity contribution is 5.87. The number of carbonyl (C=O) groups is 1. The molecule has 1 aromatic rings. The van der Waals surface area contributed by atoms with Gasteiger partial charge in [-0.3, -0.25) is 0 Å². The summed E-state index contributed by atoms with van der Waals surface area (Å²) in [6, 6.07) is 10.0. The van der Waals surface area contributed by atoms with Crippen LogP contribution in [0.15, 0.2) is 35.3 Å². The second-order valence-corrected chi connectivity index (χ2v) is 7.49. The lowest BCUT2D eigenvalue weighted by Crippen LogP contribution is -2.46. The lowest BCUT2D eigenvalue weighted by molar-refractivity contribution is 0.0502. The van der Waals surface area contributed by atoms with Gasteiger partial charge in [-0.05, 0) is 38.7 Å². The summed E-state index contributed by atoms with van der Waals surface area (Å²) in [6.45, 7) is 10.1. The lowest BCUT2D eigenvalue weighted by atomic mass is 10.0. The molecule has 1 aromatic carbocycles. The van der Waals surface area contributed by atoms with Gasteiger partial charge in [0.25, 0.3) is 0 Å². The second kappa shape index (κ2) is 7.69. The fraction of sp³-hybridized carbons (Fsp3) is 0.579. The normalized spacial score (nSPS) is 18.8. The third-order valence-electron chi connectivity index (χ3n) is 3.65. The van der Waals surface area contributed by atoms with Crippen LogP contribution in [0, 0.1) is 5.92 Å². The smallest absolute Gasteiger partial charge is 0.408 e. The quantitative estimate of drug-likeness (QED) is 0.896. The van der Waals surface area contributed by atoms with Crippen molar-refractivity contribution in [3.05, 3.63) is 35.9 Å². The number of rotatable bonds is 5. The Morgan fingerprint density at radius 2 is 2.00 bits per heavy atom. The number of benzene rings is 1. The van der Waals surface area contributed by atoms with Crippen LogP contribution in [0.4, 0.5) is 4.79 Å². The maximum Gasteiger partial charge on any atom is 0.408 e. The molecule has 24 heavy (non-hydrogen) atoms. The van der Waals surface area contributed by atoms with E-state index in [0.717, 1.165) is 6.42 Å². The molecule has 0 fully saturated rings. The summed E-state index contributed by atoms with van der Waals surface area (Å²) in [7, 11) is 0. The van der Waals surface area contributed by atoms with Crippen molar-refractivity contribution in [3.63, 3.8) is 0 Å². The lowest BCUT2D eigenvalue weighted by Gasteiger charge is -2.25. The van der Waals surface area contributed by atoms with Gasteiger partial charge in [0.15, 0.2) is 0 Å². The minimum Gasteiger partial charge on any atom is -0.477 e. The molecule has 1 aliphatic heterocycles. The Balaban J connectivity index is 2.00. The molecule has 0 radical (unpaired) electrons. The van der Waals surface area contributed by atoms with Gasteiger partial charge in [0.05, 0.1) is 6.04 Å². The molecule has 5 nitrogen and oxygen atoms in total. The number of hydrogen-bond acceptors (Lipinski definition) is 4.